The third-order valence-electron chi connectivity index (χ3n) is 6.97. The van der Waals surface area contributed by atoms with Gasteiger partial charge in [-0.15, -0.1) is 23.2 Å². The molecule has 2 radical (unpaired) electrons. The van der Waals surface area contributed by atoms with E-state index >= 15 is 0 Å². The molecule has 2 atom stereocenters. The summed E-state index contributed by atoms with van der Waals surface area (Å²) < 4.78 is 0. The minimum absolute atomic E-state index is 0. The molecule has 5 heteroatoms. The topological polar surface area (TPSA) is 20.2 Å². The first kappa shape index (κ1) is 24.2. The van der Waals surface area contributed by atoms with Crippen molar-refractivity contribution in [2.45, 2.75) is 24.1 Å². The maximum Gasteiger partial charge on any atom is 0.123 e. The molecule has 0 heterocycles. The second-order valence-electron chi connectivity index (χ2n) is 8.78. The van der Waals surface area contributed by atoms with Crippen LogP contribution in [0.2, 0.25) is 0 Å². The van der Waals surface area contributed by atoms with E-state index in [0.717, 1.165) is 0 Å². The summed E-state index contributed by atoms with van der Waals surface area (Å²) in [6.45, 7) is 2.29. The summed E-state index contributed by atoms with van der Waals surface area (Å²) in [6.07, 6.45) is 0.619. The molecule has 0 aliphatic heterocycles. The molecule has 4 aromatic rings. The predicted molar refractivity (Wildman–Crippen MR) is 140 cm³/mol. The van der Waals surface area contributed by atoms with Crippen LogP contribution in [0.1, 0.15) is 44.1 Å². The molecule has 0 saturated heterocycles. The van der Waals surface area contributed by atoms with Crippen molar-refractivity contribution >= 4 is 43.1 Å². The molecule has 0 amide bonds. The van der Waals surface area contributed by atoms with Gasteiger partial charge in [0.25, 0.3) is 0 Å². The van der Waals surface area contributed by atoms with Crippen LogP contribution in [0, 0.1) is 6.92 Å². The van der Waals surface area contributed by atoms with Gasteiger partial charge in [0, 0.05) is 32.8 Å². The van der Waals surface area contributed by atoms with Gasteiger partial charge in [-0.1, -0.05) is 78.4 Å². The summed E-state index contributed by atoms with van der Waals surface area (Å²) >= 11 is 14.2. The van der Waals surface area contributed by atoms with E-state index in [2.05, 4.69) is 79.7 Å². The van der Waals surface area contributed by atoms with E-state index in [9.17, 15) is 5.11 Å². The van der Waals surface area contributed by atoms with E-state index in [4.69, 9.17) is 23.2 Å². The Morgan fingerprint density at radius 2 is 1.24 bits per heavy atom. The molecule has 2 aliphatic carbocycles. The maximum absolute atomic E-state index is 9.82. The van der Waals surface area contributed by atoms with Crippen LogP contribution >= 0.6 is 23.2 Å². The Morgan fingerprint density at radius 1 is 0.706 bits per heavy atom. The van der Waals surface area contributed by atoms with E-state index < -0.39 is 0 Å². The quantitative estimate of drug-likeness (QED) is 0.241. The van der Waals surface area contributed by atoms with Gasteiger partial charge in [-0.05, 0) is 73.8 Å². The zero-order chi connectivity index (χ0) is 22.7. The van der Waals surface area contributed by atoms with Crippen molar-refractivity contribution in [2.75, 3.05) is 6.61 Å². The molecular weight excluding hydrogens is 555 g/mol. The summed E-state index contributed by atoms with van der Waals surface area (Å²) in [7, 11) is 0.416. The fourth-order valence-electron chi connectivity index (χ4n) is 5.39. The predicted octanol–water partition coefficient (Wildman–Crippen LogP) is 5.80. The molecule has 1 nitrogen and oxygen atoms in total. The largest absolute Gasteiger partial charge is 0.396 e. The number of halogens is 2. The SMILES string of the molecule is Cc1ccc2c(c1[Si]c1c(CCO)ccc3c1C(Cl)c1ccccc1-3)C(Cl)c1ccccc1-2.[Zr]. The number of fused-ring (bicyclic) bond motifs is 6. The van der Waals surface area contributed by atoms with Gasteiger partial charge in [0.2, 0.25) is 0 Å². The Balaban J connectivity index is 0.00000241. The van der Waals surface area contributed by atoms with Crippen LogP contribution in [0.25, 0.3) is 22.3 Å². The molecule has 2 aliphatic rings. The van der Waals surface area contributed by atoms with E-state index in [1.54, 1.807) is 0 Å². The number of rotatable bonds is 4. The normalized spacial score (nSPS) is 16.9. The Kier molecular flexibility index (Phi) is 6.79. The number of hydrogen-bond donors (Lipinski definition) is 1. The zero-order valence-electron chi connectivity index (χ0n) is 18.7. The molecule has 0 bridgehead atoms. The maximum atomic E-state index is 9.82. The van der Waals surface area contributed by atoms with Crippen molar-refractivity contribution in [3.63, 3.8) is 0 Å². The molecule has 6 rings (SSSR count). The second-order valence-corrected chi connectivity index (χ2v) is 10.9. The van der Waals surface area contributed by atoms with Crippen molar-refractivity contribution < 1.29 is 31.3 Å². The number of aliphatic hydroxyl groups is 1. The van der Waals surface area contributed by atoms with Gasteiger partial charge < -0.3 is 5.11 Å². The van der Waals surface area contributed by atoms with Crippen LogP contribution in [0.3, 0.4) is 0 Å². The molecule has 0 fully saturated rings. The van der Waals surface area contributed by atoms with E-state index in [1.165, 1.54) is 66.0 Å². The first-order valence-electron chi connectivity index (χ1n) is 11.2. The molecule has 1 N–H and O–H groups in total. The van der Waals surface area contributed by atoms with Gasteiger partial charge in [-0.2, -0.15) is 0 Å². The molecule has 4 aromatic carbocycles. The average Bonchev–Trinajstić information content (AvgIpc) is 3.29. The fourth-order valence-corrected chi connectivity index (χ4v) is 8.14. The van der Waals surface area contributed by atoms with Gasteiger partial charge in [0.1, 0.15) is 9.52 Å². The average molecular weight is 577 g/mol. The third-order valence-corrected chi connectivity index (χ3v) is 9.63. The molecule has 0 saturated carbocycles. The van der Waals surface area contributed by atoms with Crippen molar-refractivity contribution in [1.82, 2.24) is 0 Å². The van der Waals surface area contributed by atoms with Gasteiger partial charge in [0.05, 0.1) is 10.8 Å². The van der Waals surface area contributed by atoms with E-state index in [-0.39, 0.29) is 43.6 Å². The van der Waals surface area contributed by atoms with Gasteiger partial charge in [-0.3, -0.25) is 0 Å². The van der Waals surface area contributed by atoms with Crippen LogP contribution < -0.4 is 10.4 Å². The Labute approximate surface area is 232 Å². The smallest absolute Gasteiger partial charge is 0.123 e. The Bertz CT molecular complexity index is 1420. The molecule has 0 aromatic heterocycles. The molecule has 166 valence electrons. The number of benzene rings is 4. The second kappa shape index (κ2) is 9.52. The number of aliphatic hydroxyl groups excluding tert-OH is 1. The Morgan fingerprint density at radius 3 is 1.82 bits per heavy atom. The molecule has 2 unspecified atom stereocenters. The van der Waals surface area contributed by atoms with Gasteiger partial charge in [0.15, 0.2) is 0 Å². The first-order valence-corrected chi connectivity index (χ1v) is 13.1. The minimum atomic E-state index is -0.182. The first-order chi connectivity index (χ1) is 16.1. The summed E-state index contributed by atoms with van der Waals surface area (Å²) in [5.41, 5.74) is 12.1. The van der Waals surface area contributed by atoms with E-state index in [1.807, 2.05) is 0 Å². The van der Waals surface area contributed by atoms with Gasteiger partial charge >= 0.3 is 0 Å². The number of alkyl halides is 2. The summed E-state index contributed by atoms with van der Waals surface area (Å²) in [5, 5.41) is 12.0. The van der Waals surface area contributed by atoms with Crippen molar-refractivity contribution in [3.05, 3.63) is 106 Å². The van der Waals surface area contributed by atoms with Crippen LogP contribution in [0.5, 0.6) is 0 Å². The number of aryl methyl sites for hydroxylation is 1. The standard InChI is InChI=1S/C29H22Cl2OSi.Zr/c1-16-10-12-20-18-6-2-4-8-22(18)26(30)24(20)28(16)33-29-17(14-15-32)11-13-21-19-7-3-5-9-23(19)27(31)25(21)29;/h2-13,26-27,32H,14-15H2,1H3;. The van der Waals surface area contributed by atoms with Crippen LogP contribution in [-0.2, 0) is 32.6 Å². The summed E-state index contributed by atoms with van der Waals surface area (Å²) in [5.74, 6) is 0. The van der Waals surface area contributed by atoms with Crippen molar-refractivity contribution in [3.8, 4) is 22.3 Å². The van der Waals surface area contributed by atoms with Crippen LogP contribution in [-0.4, -0.2) is 21.2 Å². The molecular formula is C29H22Cl2OSiZr. The summed E-state index contributed by atoms with van der Waals surface area (Å²) in [6, 6.07) is 25.6. The minimum Gasteiger partial charge on any atom is -0.396 e. The molecule has 34 heavy (non-hydrogen) atoms. The monoisotopic (exact) mass is 574 g/mol. The van der Waals surface area contributed by atoms with E-state index in [0.29, 0.717) is 15.9 Å². The van der Waals surface area contributed by atoms with Gasteiger partial charge in [-0.25, -0.2) is 0 Å². The Hall–Kier alpha value is -1.48. The summed E-state index contributed by atoms with van der Waals surface area (Å²) in [4.78, 5) is 0. The zero-order valence-corrected chi connectivity index (χ0v) is 23.7. The van der Waals surface area contributed by atoms with Crippen molar-refractivity contribution in [1.29, 1.82) is 0 Å². The van der Waals surface area contributed by atoms with Crippen LogP contribution in [0.4, 0.5) is 0 Å². The number of hydrogen-bond acceptors (Lipinski definition) is 1. The van der Waals surface area contributed by atoms with Crippen LogP contribution in [0.15, 0.2) is 72.8 Å². The van der Waals surface area contributed by atoms with Crippen molar-refractivity contribution in [2.24, 2.45) is 0 Å². The third kappa shape index (κ3) is 3.64. The fraction of sp³-hybridized carbons (Fsp3) is 0.172. The molecule has 0 spiro atoms.